The number of carbonyl (C=O) groups excluding carboxylic acids is 4. The number of rotatable bonds is 15. The van der Waals surface area contributed by atoms with Crippen molar-refractivity contribution in [2.75, 3.05) is 26.9 Å². The molecule has 4 heterocycles. The van der Waals surface area contributed by atoms with E-state index in [0.717, 1.165) is 5.69 Å². The zero-order valence-electron chi connectivity index (χ0n) is 36.2. The molecule has 62 heavy (non-hydrogen) atoms. The lowest BCUT2D eigenvalue weighted by atomic mass is 9.96. The first-order valence-electron chi connectivity index (χ1n) is 20.9. The number of pyridine rings is 1. The monoisotopic (exact) mass is 914 g/mol. The lowest BCUT2D eigenvalue weighted by Gasteiger charge is -2.46. The van der Waals surface area contributed by atoms with Crippen molar-refractivity contribution in [1.82, 2.24) is 29.8 Å². The maximum absolute atomic E-state index is 14.9. The number of fused-ring (bicyclic) bond motifs is 2. The number of piperazine rings is 1. The Bertz CT molecular complexity index is 2380. The summed E-state index contributed by atoms with van der Waals surface area (Å²) in [6.45, 7) is 17.3. The summed E-state index contributed by atoms with van der Waals surface area (Å²) in [4.78, 5) is 69.8. The highest BCUT2D eigenvalue weighted by atomic mass is 35.5. The fourth-order valence-corrected chi connectivity index (χ4v) is 10.7. The molecule has 19 heteroatoms. The summed E-state index contributed by atoms with van der Waals surface area (Å²) in [5.74, 6) is -2.09. The van der Waals surface area contributed by atoms with Crippen LogP contribution in [0.1, 0.15) is 85.8 Å². The number of sulfonamides is 1. The van der Waals surface area contributed by atoms with E-state index in [-0.39, 0.29) is 42.9 Å². The summed E-state index contributed by atoms with van der Waals surface area (Å²) in [5, 5.41) is 5.51. The number of methoxy groups -OCH3 is 1. The van der Waals surface area contributed by atoms with Crippen molar-refractivity contribution in [2.24, 2.45) is 11.8 Å². The first-order chi connectivity index (χ1) is 29.2. The minimum atomic E-state index is -3.94. The van der Waals surface area contributed by atoms with E-state index in [1.165, 1.54) is 27.2 Å². The van der Waals surface area contributed by atoms with Gasteiger partial charge in [0.15, 0.2) is 0 Å². The third-order valence-electron chi connectivity index (χ3n) is 11.6. The number of nitrogens with zero attached hydrogens (tertiary/aromatic N) is 4. The Morgan fingerprint density at radius 2 is 1.84 bits per heavy atom. The standard InChI is InChI=1S/C43H55ClN6O10S2/c1-10-24-19-43(24,40(53)48-62(55,56)25-11-12-25)47-37(51)29-18-33(30-20-49(41(54)60-42(6,7)8)36(23(4)5)39(52)50(29)30)59-32-17-27(38-46-28(21-61-38)22(2)3)45-35-26(32)13-14-31(34(35)44)58-16-15-57-9/h10,13-14,17,21-25,29-30,33,36H,1,11-12,15-16,18-20H2,2-9H3,(H,47,51)(H,48,53)/t24-,29+,30-,33-,36-,43-/m1/s1. The predicted molar refractivity (Wildman–Crippen MR) is 234 cm³/mol. The van der Waals surface area contributed by atoms with E-state index < -0.39 is 80.4 Å². The second-order valence-corrected chi connectivity index (χ2v) is 21.3. The quantitative estimate of drug-likeness (QED) is 0.137. The Hall–Kier alpha value is -4.52. The third-order valence-corrected chi connectivity index (χ3v) is 14.7. The van der Waals surface area contributed by atoms with Crippen molar-refractivity contribution in [3.63, 3.8) is 0 Å². The number of aromatic nitrogens is 2. The molecule has 0 bridgehead atoms. The minimum absolute atomic E-state index is 0.0448. The van der Waals surface area contributed by atoms with Gasteiger partial charge in [0.1, 0.15) is 63.2 Å². The highest BCUT2D eigenvalue weighted by molar-refractivity contribution is 7.91. The molecule has 2 N–H and O–H groups in total. The molecule has 0 spiro atoms. The van der Waals surface area contributed by atoms with Crippen LogP contribution < -0.4 is 19.5 Å². The zero-order valence-corrected chi connectivity index (χ0v) is 38.6. The number of halogens is 1. The zero-order chi connectivity index (χ0) is 45.1. The molecular weight excluding hydrogens is 860 g/mol. The first-order valence-corrected chi connectivity index (χ1v) is 23.7. The molecule has 16 nitrogen and oxygen atoms in total. The van der Waals surface area contributed by atoms with Crippen LogP contribution in [0.25, 0.3) is 21.6 Å². The van der Waals surface area contributed by atoms with Crippen molar-refractivity contribution in [1.29, 1.82) is 0 Å². The molecule has 2 aliphatic carbocycles. The van der Waals surface area contributed by atoms with Crippen LogP contribution in [0.5, 0.6) is 11.5 Å². The average molecular weight is 916 g/mol. The van der Waals surface area contributed by atoms with E-state index in [1.54, 1.807) is 46.1 Å². The van der Waals surface area contributed by atoms with Crippen LogP contribution in [0.3, 0.4) is 0 Å². The normalized spacial score (nSPS) is 24.9. The molecule has 3 aromatic rings. The van der Waals surface area contributed by atoms with Crippen LogP contribution in [0.4, 0.5) is 4.79 Å². The highest BCUT2D eigenvalue weighted by Crippen LogP contribution is 2.47. The molecule has 2 saturated carbocycles. The molecule has 1 aromatic carbocycles. The van der Waals surface area contributed by atoms with E-state index in [9.17, 15) is 27.6 Å². The van der Waals surface area contributed by atoms with Crippen LogP contribution in [0, 0.1) is 11.8 Å². The number of thiazole rings is 1. The summed E-state index contributed by atoms with van der Waals surface area (Å²) in [5.41, 5.74) is -0.743. The molecule has 4 amide bonds. The van der Waals surface area contributed by atoms with Gasteiger partial charge in [-0.05, 0) is 64.0 Å². The van der Waals surface area contributed by atoms with Crippen LogP contribution >= 0.6 is 22.9 Å². The number of hydrogen-bond acceptors (Lipinski definition) is 13. The van der Waals surface area contributed by atoms with Crippen molar-refractivity contribution in [3.05, 3.63) is 47.0 Å². The summed E-state index contributed by atoms with van der Waals surface area (Å²) in [7, 11) is -2.37. The Balaban J connectivity index is 1.29. The molecular formula is C43H55ClN6O10S2. The Morgan fingerprint density at radius 1 is 1.11 bits per heavy atom. The minimum Gasteiger partial charge on any atom is -0.490 e. The number of benzene rings is 1. The molecule has 336 valence electrons. The number of amides is 4. The number of ether oxygens (including phenoxy) is 4. The van der Waals surface area contributed by atoms with Crippen LogP contribution in [-0.2, 0) is 33.9 Å². The molecule has 4 fully saturated rings. The number of nitrogens with one attached hydrogen (secondary N) is 2. The summed E-state index contributed by atoms with van der Waals surface area (Å²) in [6, 6.07) is 2.16. The molecule has 2 aliphatic heterocycles. The second kappa shape index (κ2) is 17.2. The first kappa shape index (κ1) is 45.5. The fraction of sp³-hybridized carbons (Fsp3) is 0.581. The van der Waals surface area contributed by atoms with Gasteiger partial charge < -0.3 is 29.2 Å². The van der Waals surface area contributed by atoms with E-state index >= 15 is 0 Å². The van der Waals surface area contributed by atoms with Gasteiger partial charge in [0.05, 0.1) is 29.1 Å². The van der Waals surface area contributed by atoms with E-state index in [1.807, 2.05) is 33.1 Å². The second-order valence-electron chi connectivity index (χ2n) is 18.1. The van der Waals surface area contributed by atoms with E-state index in [2.05, 4.69) is 16.6 Å². The van der Waals surface area contributed by atoms with Crippen LogP contribution in [0.2, 0.25) is 5.02 Å². The largest absolute Gasteiger partial charge is 0.490 e. The maximum atomic E-state index is 14.9. The lowest BCUT2D eigenvalue weighted by molar-refractivity contribution is -0.153. The molecule has 7 rings (SSSR count). The van der Waals surface area contributed by atoms with Crippen molar-refractivity contribution in [2.45, 2.75) is 121 Å². The maximum Gasteiger partial charge on any atom is 0.411 e. The fourth-order valence-electron chi connectivity index (χ4n) is 8.15. The van der Waals surface area contributed by atoms with E-state index in [4.69, 9.17) is 40.5 Å². The van der Waals surface area contributed by atoms with Gasteiger partial charge in [0, 0.05) is 42.8 Å². The summed E-state index contributed by atoms with van der Waals surface area (Å²) >= 11 is 8.42. The summed E-state index contributed by atoms with van der Waals surface area (Å²) in [6.07, 6.45) is 0.871. The van der Waals surface area contributed by atoms with Crippen LogP contribution in [0.15, 0.2) is 36.2 Å². The van der Waals surface area contributed by atoms with Gasteiger partial charge in [0.25, 0.3) is 5.91 Å². The van der Waals surface area contributed by atoms with Crippen molar-refractivity contribution < 1.29 is 46.5 Å². The van der Waals surface area contributed by atoms with Gasteiger partial charge in [-0.15, -0.1) is 17.9 Å². The highest BCUT2D eigenvalue weighted by Gasteiger charge is 2.63. The molecule has 6 atom stereocenters. The van der Waals surface area contributed by atoms with Gasteiger partial charge >= 0.3 is 6.09 Å². The van der Waals surface area contributed by atoms with Gasteiger partial charge in [0.2, 0.25) is 21.8 Å². The molecule has 4 aliphatic rings. The molecule has 0 unspecified atom stereocenters. The van der Waals surface area contributed by atoms with Crippen LogP contribution in [-0.4, -0.2) is 119 Å². The van der Waals surface area contributed by atoms with Crippen molar-refractivity contribution in [3.8, 4) is 22.2 Å². The van der Waals surface area contributed by atoms with E-state index in [0.29, 0.717) is 52.6 Å². The number of carbonyl (C=O) groups is 4. The molecule has 2 saturated heterocycles. The SMILES string of the molecule is C=C[C@@H]1C[C@]1(NC(=O)[C@@H]1C[C@@H](Oc2cc(-c3nc(C(C)C)cs3)nc3c(Cl)c(OCCOC)ccc23)[C@H]2CN(C(=O)OC(C)(C)C)[C@H](C(C)C)C(=O)N21)C(=O)NS(=O)(=O)C1CC1. The lowest BCUT2D eigenvalue weighted by Crippen LogP contribution is -2.67. The average Bonchev–Trinajstić information content (AvgIpc) is 4.09. The smallest absolute Gasteiger partial charge is 0.411 e. The Labute approximate surface area is 371 Å². The topological polar surface area (TPSA) is 196 Å². The Kier molecular flexibility index (Phi) is 12.6. The number of hydrogen-bond donors (Lipinski definition) is 2. The Morgan fingerprint density at radius 3 is 2.44 bits per heavy atom. The van der Waals surface area contributed by atoms with Gasteiger partial charge in [-0.1, -0.05) is 45.4 Å². The van der Waals surface area contributed by atoms with Gasteiger partial charge in [-0.25, -0.2) is 23.2 Å². The predicted octanol–water partition coefficient (Wildman–Crippen LogP) is 5.82. The van der Waals surface area contributed by atoms with Gasteiger partial charge in [-0.2, -0.15) is 0 Å². The summed E-state index contributed by atoms with van der Waals surface area (Å²) < 4.78 is 51.7. The van der Waals surface area contributed by atoms with Gasteiger partial charge in [-0.3, -0.25) is 24.0 Å². The third kappa shape index (κ3) is 8.97. The molecule has 0 radical (unpaired) electrons. The molecule has 2 aromatic heterocycles. The van der Waals surface area contributed by atoms with Crippen molar-refractivity contribution >= 4 is 67.7 Å².